The minimum absolute atomic E-state index is 0.285. The van der Waals surface area contributed by atoms with Gasteiger partial charge in [-0.15, -0.1) is 0 Å². The number of nitrogens with zero attached hydrogens (tertiary/aromatic N) is 3. The molecule has 15 aromatic rings. The van der Waals surface area contributed by atoms with E-state index < -0.39 is 16.1 Å². The molecule has 0 unspecified atom stereocenters. The molecule has 15 rings (SSSR count). The van der Waals surface area contributed by atoms with Crippen LogP contribution in [0.5, 0.6) is 0 Å². The Bertz CT molecular complexity index is 4330. The van der Waals surface area contributed by atoms with Gasteiger partial charge in [0.05, 0.1) is 22.1 Å². The Kier molecular flexibility index (Phi) is 12.8. The SMILES string of the molecule is Fc1ccc(N(c2ccc3c(c2)c2cc([Si](c4ccccc4)(c4ccccc4)c4ccccc4)ccc2n3-c2ccccc2)c2ccc3c(c2)c2cc([Si](c4ccccc4)(c4ccccc4)c4ccccc4)ccc2n3-c2ccccc2)cc1. The summed E-state index contributed by atoms with van der Waals surface area (Å²) in [5, 5.41) is 15.1. The number of anilines is 3. The van der Waals surface area contributed by atoms with Crippen molar-refractivity contribution in [1.82, 2.24) is 9.13 Å². The fourth-order valence-electron chi connectivity index (χ4n) is 13.6. The van der Waals surface area contributed by atoms with Gasteiger partial charge in [0.15, 0.2) is 16.1 Å². The van der Waals surface area contributed by atoms with E-state index in [4.69, 9.17) is 0 Å². The molecule has 0 radical (unpaired) electrons. The van der Waals surface area contributed by atoms with Crippen LogP contribution in [0.4, 0.5) is 21.5 Å². The number of halogens is 1. The normalized spacial score (nSPS) is 11.9. The first-order valence-electron chi connectivity index (χ1n) is 28.8. The van der Waals surface area contributed by atoms with Crippen molar-refractivity contribution in [1.29, 1.82) is 0 Å². The second-order valence-electron chi connectivity index (χ2n) is 21.7. The van der Waals surface area contributed by atoms with Crippen molar-refractivity contribution in [2.24, 2.45) is 0 Å². The number of rotatable bonds is 13. The van der Waals surface area contributed by atoms with Crippen molar-refractivity contribution in [2.45, 2.75) is 0 Å². The molecule has 0 spiro atoms. The molecule has 398 valence electrons. The Hall–Kier alpha value is -10.4. The number of hydrogen-bond acceptors (Lipinski definition) is 1. The van der Waals surface area contributed by atoms with Gasteiger partial charge in [-0.1, -0.05) is 243 Å². The number of para-hydroxylation sites is 2. The first kappa shape index (κ1) is 50.6. The second kappa shape index (κ2) is 21.2. The van der Waals surface area contributed by atoms with Crippen LogP contribution in [0.2, 0.25) is 0 Å². The van der Waals surface area contributed by atoms with E-state index in [9.17, 15) is 0 Å². The van der Waals surface area contributed by atoms with Crippen LogP contribution in [0.15, 0.2) is 340 Å². The van der Waals surface area contributed by atoms with Gasteiger partial charge in [0, 0.05) is 50.0 Å². The lowest BCUT2D eigenvalue weighted by atomic mass is 10.1. The summed E-state index contributed by atoms with van der Waals surface area (Å²) in [6, 6.07) is 123. The van der Waals surface area contributed by atoms with Gasteiger partial charge in [0.1, 0.15) is 5.82 Å². The number of hydrogen-bond donors (Lipinski definition) is 0. The topological polar surface area (TPSA) is 13.1 Å². The molecule has 6 heteroatoms. The Balaban J connectivity index is 0.993. The lowest BCUT2D eigenvalue weighted by Gasteiger charge is -2.34. The van der Waals surface area contributed by atoms with E-state index in [1.54, 1.807) is 12.1 Å². The van der Waals surface area contributed by atoms with Crippen LogP contribution >= 0.6 is 0 Å². The third-order valence-electron chi connectivity index (χ3n) is 17.2. The zero-order valence-electron chi connectivity index (χ0n) is 46.1. The molecule has 2 aromatic heterocycles. The summed E-state index contributed by atoms with van der Waals surface area (Å²) in [4.78, 5) is 2.30. The summed E-state index contributed by atoms with van der Waals surface area (Å²) in [5.41, 5.74) is 9.37. The molecule has 0 amide bonds. The molecular weight excluding hydrogens is 1050 g/mol. The molecule has 0 aliphatic rings. The summed E-state index contributed by atoms with van der Waals surface area (Å²) in [5.74, 6) is -0.285. The van der Waals surface area contributed by atoms with Gasteiger partial charge in [-0.25, -0.2) is 4.39 Å². The zero-order valence-corrected chi connectivity index (χ0v) is 48.1. The Morgan fingerprint density at radius 1 is 0.226 bits per heavy atom. The highest BCUT2D eigenvalue weighted by Gasteiger charge is 2.43. The summed E-state index contributed by atoms with van der Waals surface area (Å²) in [7, 11) is -5.84. The molecule has 0 bridgehead atoms. The molecule has 0 atom stereocenters. The number of benzene rings is 13. The van der Waals surface area contributed by atoms with Crippen LogP contribution in [0.25, 0.3) is 55.0 Å². The van der Waals surface area contributed by atoms with Crippen LogP contribution in [-0.2, 0) is 0 Å². The van der Waals surface area contributed by atoms with E-state index in [1.165, 1.54) is 41.5 Å². The fraction of sp³-hybridized carbons (Fsp3) is 0. The Labute approximate surface area is 490 Å². The molecule has 2 heterocycles. The van der Waals surface area contributed by atoms with Crippen LogP contribution < -0.4 is 46.4 Å². The fourth-order valence-corrected chi connectivity index (χ4v) is 23.2. The maximum absolute atomic E-state index is 15.2. The van der Waals surface area contributed by atoms with Crippen LogP contribution in [-0.4, -0.2) is 25.3 Å². The van der Waals surface area contributed by atoms with E-state index in [-0.39, 0.29) is 5.82 Å². The van der Waals surface area contributed by atoms with Gasteiger partial charge >= 0.3 is 0 Å². The third kappa shape index (κ3) is 8.29. The highest BCUT2D eigenvalue weighted by molar-refractivity contribution is 7.20. The van der Waals surface area contributed by atoms with Crippen molar-refractivity contribution in [3.05, 3.63) is 346 Å². The van der Waals surface area contributed by atoms with Gasteiger partial charge in [-0.05, 0) is 139 Å². The minimum atomic E-state index is -2.92. The minimum Gasteiger partial charge on any atom is -0.310 e. The summed E-state index contributed by atoms with van der Waals surface area (Å²) >= 11 is 0. The molecule has 3 nitrogen and oxygen atoms in total. The summed E-state index contributed by atoms with van der Waals surface area (Å²) in [6.07, 6.45) is 0. The Morgan fingerprint density at radius 2 is 0.476 bits per heavy atom. The second-order valence-corrected chi connectivity index (χ2v) is 29.3. The number of fused-ring (bicyclic) bond motifs is 6. The lowest BCUT2D eigenvalue weighted by Crippen LogP contribution is -2.74. The van der Waals surface area contributed by atoms with E-state index in [2.05, 4.69) is 329 Å². The predicted octanol–water partition coefficient (Wildman–Crippen LogP) is 14.2. The molecular formula is C78H56FN3Si2. The quantitative estimate of drug-likeness (QED) is 0.0828. The largest absolute Gasteiger partial charge is 0.310 e. The molecule has 13 aromatic carbocycles. The molecule has 0 fully saturated rings. The van der Waals surface area contributed by atoms with Gasteiger partial charge in [-0.2, -0.15) is 0 Å². The van der Waals surface area contributed by atoms with Gasteiger partial charge in [0.25, 0.3) is 0 Å². The standard InChI is InChI=1S/C78H56FN3Si2/c79-57-41-43-60(44-42-57)80(61-45-49-75-71(53-61)73-55-69(47-51-77(73)81(75)58-25-9-1-10-26-58)83(63-29-13-3-14-30-63,64-31-15-4-16-32-64)65-33-17-5-18-34-65)62-46-50-76-72(54-62)74-56-70(48-52-78(74)82(76)59-27-11-2-12-28-59)84(66-35-19-6-20-36-66,67-37-21-7-22-38-67)68-39-23-8-24-40-68/h1-56H. The Morgan fingerprint density at radius 3 is 0.774 bits per heavy atom. The molecule has 0 aliphatic carbocycles. The molecule has 0 saturated heterocycles. The first-order valence-corrected chi connectivity index (χ1v) is 32.8. The zero-order chi connectivity index (χ0) is 56.0. The lowest BCUT2D eigenvalue weighted by molar-refractivity contribution is 0.628. The summed E-state index contributed by atoms with van der Waals surface area (Å²) in [6.45, 7) is 0. The highest BCUT2D eigenvalue weighted by atomic mass is 28.3. The average molecular weight is 1110 g/mol. The molecule has 0 saturated carbocycles. The first-order chi connectivity index (χ1) is 41.6. The van der Waals surface area contributed by atoms with Gasteiger partial charge < -0.3 is 14.0 Å². The van der Waals surface area contributed by atoms with Gasteiger partial charge in [-0.3, -0.25) is 0 Å². The van der Waals surface area contributed by atoms with E-state index in [1.807, 2.05) is 12.1 Å². The monoisotopic (exact) mass is 1110 g/mol. The number of aromatic nitrogens is 2. The average Bonchev–Trinajstić information content (AvgIpc) is 3.36. The molecule has 84 heavy (non-hydrogen) atoms. The highest BCUT2D eigenvalue weighted by Crippen LogP contribution is 2.42. The van der Waals surface area contributed by atoms with E-state index >= 15 is 4.39 Å². The van der Waals surface area contributed by atoms with Crippen molar-refractivity contribution in [2.75, 3.05) is 4.90 Å². The maximum atomic E-state index is 15.2. The van der Waals surface area contributed by atoms with Crippen molar-refractivity contribution in [3.8, 4) is 11.4 Å². The van der Waals surface area contributed by atoms with Crippen LogP contribution in [0.1, 0.15) is 0 Å². The summed E-state index contributed by atoms with van der Waals surface area (Å²) < 4.78 is 20.0. The van der Waals surface area contributed by atoms with Crippen molar-refractivity contribution >= 4 is 118 Å². The smallest absolute Gasteiger partial charge is 0.179 e. The molecule has 0 N–H and O–H groups in total. The van der Waals surface area contributed by atoms with Gasteiger partial charge in [0.2, 0.25) is 0 Å². The maximum Gasteiger partial charge on any atom is 0.179 e. The van der Waals surface area contributed by atoms with E-state index in [0.29, 0.717) is 0 Å². The van der Waals surface area contributed by atoms with E-state index in [0.717, 1.165) is 72.0 Å². The van der Waals surface area contributed by atoms with Crippen LogP contribution in [0.3, 0.4) is 0 Å². The third-order valence-corrected chi connectivity index (χ3v) is 26.8. The predicted molar refractivity (Wildman–Crippen MR) is 357 cm³/mol. The van der Waals surface area contributed by atoms with Crippen molar-refractivity contribution < 1.29 is 4.39 Å². The molecule has 0 aliphatic heterocycles. The van der Waals surface area contributed by atoms with Crippen LogP contribution in [0, 0.1) is 5.82 Å². The van der Waals surface area contributed by atoms with Crippen molar-refractivity contribution in [3.63, 3.8) is 0 Å².